The summed E-state index contributed by atoms with van der Waals surface area (Å²) < 4.78 is 5.98. The molecule has 1 aromatic carbocycles. The summed E-state index contributed by atoms with van der Waals surface area (Å²) in [6.07, 6.45) is 11.3. The van der Waals surface area contributed by atoms with Crippen molar-refractivity contribution in [3.63, 3.8) is 0 Å². The van der Waals surface area contributed by atoms with Crippen molar-refractivity contribution in [2.24, 2.45) is 22.6 Å². The molecule has 34 heavy (non-hydrogen) atoms. The summed E-state index contributed by atoms with van der Waals surface area (Å²) in [6.45, 7) is 1.66. The van der Waals surface area contributed by atoms with Gasteiger partial charge in [0.05, 0.1) is 18.2 Å². The van der Waals surface area contributed by atoms with Gasteiger partial charge < -0.3 is 20.7 Å². The second kappa shape index (κ2) is 10.3. The number of nitrogens with two attached hydrogens (primary N) is 1. The number of ether oxygens (including phenoxy) is 1. The van der Waals surface area contributed by atoms with Gasteiger partial charge in [-0.2, -0.15) is 0 Å². The van der Waals surface area contributed by atoms with Gasteiger partial charge in [-0.1, -0.05) is 25.7 Å². The molecule has 184 valence electrons. The van der Waals surface area contributed by atoms with Crippen LogP contribution in [0.4, 0.5) is 5.69 Å². The first-order valence-electron chi connectivity index (χ1n) is 13.0. The molecule has 0 radical (unpaired) electrons. The minimum atomic E-state index is -0.155. The summed E-state index contributed by atoms with van der Waals surface area (Å²) in [5, 5.41) is 6.58. The van der Waals surface area contributed by atoms with E-state index in [1.807, 2.05) is 23.1 Å². The van der Waals surface area contributed by atoms with Crippen molar-refractivity contribution in [1.82, 2.24) is 15.5 Å². The van der Waals surface area contributed by atoms with Gasteiger partial charge in [-0.3, -0.25) is 14.9 Å². The quantitative estimate of drug-likeness (QED) is 0.484. The summed E-state index contributed by atoms with van der Waals surface area (Å²) in [6, 6.07) is 6.73. The van der Waals surface area contributed by atoms with E-state index in [1.54, 1.807) is 0 Å². The lowest BCUT2D eigenvalue weighted by molar-refractivity contribution is -0.123. The third kappa shape index (κ3) is 5.22. The Morgan fingerprint density at radius 1 is 1.15 bits per heavy atom. The van der Waals surface area contributed by atoms with Gasteiger partial charge in [0.25, 0.3) is 0 Å². The smallest absolute Gasteiger partial charge is 0.246 e. The Hall–Kier alpha value is -2.61. The van der Waals surface area contributed by atoms with E-state index in [0.29, 0.717) is 31.7 Å². The number of aliphatic imine (C=N–C) groups is 1. The minimum absolute atomic E-state index is 0.0148. The number of unbranched alkanes of at least 4 members (excludes halogenated alkanes) is 2. The molecule has 4 aliphatic rings. The first-order chi connectivity index (χ1) is 16.6. The van der Waals surface area contributed by atoms with E-state index in [-0.39, 0.29) is 23.8 Å². The Morgan fingerprint density at radius 2 is 2.03 bits per heavy atom. The van der Waals surface area contributed by atoms with Gasteiger partial charge in [-0.05, 0) is 62.6 Å². The highest BCUT2D eigenvalue weighted by molar-refractivity contribution is 6.05. The highest BCUT2D eigenvalue weighted by Gasteiger charge is 2.36. The lowest BCUT2D eigenvalue weighted by atomic mass is 9.75. The maximum absolute atomic E-state index is 12.2. The van der Waals surface area contributed by atoms with Crippen molar-refractivity contribution < 1.29 is 14.3 Å². The standard InChI is InChI=1S/C26H37N5O3/c27-25(33)20(23-11-9-17-6-3-4-8-21(17)28-23)7-2-1-5-13-34-19-10-12-22-18(14-19)15-31-16-24(32)30-26(31)29-22/h10,12,14,17,20-21,23,28H,1-9,11,13,15-16H2,(H2,27,33)(H,29,30,32). The van der Waals surface area contributed by atoms with Crippen molar-refractivity contribution in [1.29, 1.82) is 0 Å². The Kier molecular flexibility index (Phi) is 7.04. The lowest BCUT2D eigenvalue weighted by Crippen LogP contribution is -2.54. The second-order valence-electron chi connectivity index (χ2n) is 10.3. The molecule has 0 bridgehead atoms. The van der Waals surface area contributed by atoms with Crippen molar-refractivity contribution in [2.45, 2.75) is 82.8 Å². The topological polar surface area (TPSA) is 109 Å². The third-order valence-electron chi connectivity index (χ3n) is 7.99. The summed E-state index contributed by atoms with van der Waals surface area (Å²) in [4.78, 5) is 30.3. The zero-order chi connectivity index (χ0) is 23.5. The lowest BCUT2D eigenvalue weighted by Gasteiger charge is -2.42. The maximum atomic E-state index is 12.2. The van der Waals surface area contributed by atoms with Crippen LogP contribution in [0.15, 0.2) is 23.2 Å². The van der Waals surface area contributed by atoms with E-state index in [4.69, 9.17) is 10.5 Å². The molecule has 0 aromatic heterocycles. The van der Waals surface area contributed by atoms with Crippen LogP contribution in [0.25, 0.3) is 0 Å². The number of hydrogen-bond acceptors (Lipinski definition) is 6. The number of primary amides is 1. The van der Waals surface area contributed by atoms with Gasteiger partial charge in [-0.15, -0.1) is 0 Å². The van der Waals surface area contributed by atoms with Gasteiger partial charge in [0.1, 0.15) is 12.3 Å². The van der Waals surface area contributed by atoms with Gasteiger partial charge in [-0.25, -0.2) is 4.99 Å². The second-order valence-corrected chi connectivity index (χ2v) is 10.3. The van der Waals surface area contributed by atoms with Crippen LogP contribution in [-0.4, -0.2) is 47.9 Å². The van der Waals surface area contributed by atoms with Gasteiger partial charge >= 0.3 is 0 Å². The summed E-state index contributed by atoms with van der Waals surface area (Å²) in [7, 11) is 0. The van der Waals surface area contributed by atoms with Crippen molar-refractivity contribution >= 4 is 23.5 Å². The predicted octanol–water partition coefficient (Wildman–Crippen LogP) is 2.97. The molecule has 5 rings (SSSR count). The van der Waals surface area contributed by atoms with Crippen LogP contribution in [0.2, 0.25) is 0 Å². The number of amides is 2. The number of carbonyl (C=O) groups is 2. The molecule has 8 nitrogen and oxygen atoms in total. The highest BCUT2D eigenvalue weighted by Crippen LogP contribution is 2.35. The molecule has 8 heteroatoms. The molecular weight excluding hydrogens is 430 g/mol. The molecule has 4 atom stereocenters. The largest absolute Gasteiger partial charge is 0.494 e. The molecule has 0 spiro atoms. The number of benzene rings is 1. The molecular formula is C26H37N5O3. The van der Waals surface area contributed by atoms with E-state index in [0.717, 1.165) is 55.0 Å². The molecule has 3 fully saturated rings. The van der Waals surface area contributed by atoms with E-state index >= 15 is 0 Å². The molecule has 2 amide bonds. The SMILES string of the molecule is NC(=O)C(CCCCCOc1ccc2c(c1)CN1CC(=O)NC1=N2)C1CCC2CCCCC2N1. The average Bonchev–Trinajstić information content (AvgIpc) is 3.20. The number of nitrogens with zero attached hydrogens (tertiary/aromatic N) is 2. The van der Waals surface area contributed by atoms with Crippen LogP contribution in [-0.2, 0) is 16.1 Å². The Bertz CT molecular complexity index is 948. The fourth-order valence-electron chi connectivity index (χ4n) is 6.14. The molecule has 4 unspecified atom stereocenters. The molecule has 3 heterocycles. The number of nitrogens with one attached hydrogen (secondary N) is 2. The number of piperidine rings is 1. The Balaban J connectivity index is 1.04. The van der Waals surface area contributed by atoms with Crippen molar-refractivity contribution in [2.75, 3.05) is 13.2 Å². The molecule has 1 aromatic rings. The van der Waals surface area contributed by atoms with Crippen molar-refractivity contribution in [3.05, 3.63) is 23.8 Å². The zero-order valence-corrected chi connectivity index (χ0v) is 19.9. The highest BCUT2D eigenvalue weighted by atomic mass is 16.5. The van der Waals surface area contributed by atoms with Crippen LogP contribution in [0, 0.1) is 11.8 Å². The first-order valence-corrected chi connectivity index (χ1v) is 13.0. The molecule has 1 aliphatic carbocycles. The number of hydrogen-bond donors (Lipinski definition) is 3. The van der Waals surface area contributed by atoms with E-state index in [2.05, 4.69) is 15.6 Å². The fraction of sp³-hybridized carbons (Fsp3) is 0.654. The predicted molar refractivity (Wildman–Crippen MR) is 131 cm³/mol. The molecule has 2 saturated heterocycles. The summed E-state index contributed by atoms with van der Waals surface area (Å²) in [5.74, 6) is 2.03. The molecule has 1 saturated carbocycles. The fourth-order valence-corrected chi connectivity index (χ4v) is 6.14. The van der Waals surface area contributed by atoms with Crippen molar-refractivity contribution in [3.8, 4) is 5.75 Å². The number of fused-ring (bicyclic) bond motifs is 3. The Labute approximate surface area is 201 Å². The number of guanidine groups is 1. The third-order valence-corrected chi connectivity index (χ3v) is 7.99. The molecule has 4 N–H and O–H groups in total. The van der Waals surface area contributed by atoms with Crippen LogP contribution in [0.3, 0.4) is 0 Å². The number of rotatable bonds is 9. The van der Waals surface area contributed by atoms with Gasteiger partial charge in [0, 0.05) is 24.2 Å². The Morgan fingerprint density at radius 3 is 2.91 bits per heavy atom. The normalized spacial score (nSPS) is 26.6. The average molecular weight is 468 g/mol. The summed E-state index contributed by atoms with van der Waals surface area (Å²) in [5.41, 5.74) is 7.76. The summed E-state index contributed by atoms with van der Waals surface area (Å²) >= 11 is 0. The van der Waals surface area contributed by atoms with E-state index in [1.165, 1.54) is 32.1 Å². The van der Waals surface area contributed by atoms with Crippen LogP contribution in [0.5, 0.6) is 5.75 Å². The van der Waals surface area contributed by atoms with Crippen LogP contribution < -0.4 is 21.1 Å². The maximum Gasteiger partial charge on any atom is 0.246 e. The molecule has 3 aliphatic heterocycles. The van der Waals surface area contributed by atoms with Crippen LogP contribution >= 0.6 is 0 Å². The zero-order valence-electron chi connectivity index (χ0n) is 19.9. The number of carbonyl (C=O) groups excluding carboxylic acids is 2. The minimum Gasteiger partial charge on any atom is -0.494 e. The van der Waals surface area contributed by atoms with E-state index < -0.39 is 0 Å². The van der Waals surface area contributed by atoms with Gasteiger partial charge in [0.2, 0.25) is 17.8 Å². The monoisotopic (exact) mass is 467 g/mol. The van der Waals surface area contributed by atoms with Gasteiger partial charge in [0.15, 0.2) is 0 Å². The first kappa shape index (κ1) is 23.1. The van der Waals surface area contributed by atoms with Crippen LogP contribution in [0.1, 0.15) is 69.8 Å². The van der Waals surface area contributed by atoms with E-state index in [9.17, 15) is 9.59 Å².